The van der Waals surface area contributed by atoms with Crippen LogP contribution in [0.3, 0.4) is 0 Å². The Bertz CT molecular complexity index is 865. The summed E-state index contributed by atoms with van der Waals surface area (Å²) in [6.45, 7) is 2.11. The van der Waals surface area contributed by atoms with E-state index >= 15 is 0 Å². The van der Waals surface area contributed by atoms with Gasteiger partial charge in [0.25, 0.3) is 0 Å². The molecule has 1 atom stereocenters. The maximum Gasteiger partial charge on any atom is 0.233 e. The predicted octanol–water partition coefficient (Wildman–Crippen LogP) is 2.70. The monoisotopic (exact) mass is 377 g/mol. The molecule has 3 N–H and O–H groups in total. The molecule has 0 spiro atoms. The number of aromatic nitrogens is 3. The van der Waals surface area contributed by atoms with Crippen molar-refractivity contribution in [1.82, 2.24) is 20.2 Å². The molecule has 0 radical (unpaired) electrons. The molecule has 0 fully saturated rings. The highest BCUT2D eigenvalue weighted by molar-refractivity contribution is 8.00. The number of nitrogens with zero attached hydrogens (tertiary/aromatic N) is 3. The molecule has 0 bridgehead atoms. The second-order valence-corrected chi connectivity index (χ2v) is 6.99. The van der Waals surface area contributed by atoms with Crippen molar-refractivity contribution in [3.05, 3.63) is 53.4 Å². The lowest BCUT2D eigenvalue weighted by Gasteiger charge is -2.10. The molecule has 3 rings (SSSR count). The van der Waals surface area contributed by atoms with Crippen molar-refractivity contribution < 1.29 is 9.21 Å². The minimum Gasteiger partial charge on any atom is -0.467 e. The van der Waals surface area contributed by atoms with E-state index in [1.807, 2.05) is 12.1 Å². The van der Waals surface area contributed by atoms with E-state index < -0.39 is 5.25 Å². The Kier molecular flexibility index (Phi) is 5.30. The Labute approximate surface area is 153 Å². The summed E-state index contributed by atoms with van der Waals surface area (Å²) in [5, 5.41) is 11.6. The zero-order valence-corrected chi connectivity index (χ0v) is 14.9. The number of thioether (sulfide) groups is 1. The number of hydrogen-bond donors (Lipinski definition) is 2. The van der Waals surface area contributed by atoms with Crippen LogP contribution in [0.1, 0.15) is 12.7 Å². The van der Waals surface area contributed by atoms with Crippen molar-refractivity contribution in [3.63, 3.8) is 0 Å². The van der Waals surface area contributed by atoms with Gasteiger partial charge in [0.2, 0.25) is 11.1 Å². The minimum absolute atomic E-state index is 0.145. The van der Waals surface area contributed by atoms with Gasteiger partial charge in [-0.25, -0.2) is 4.68 Å². The van der Waals surface area contributed by atoms with Gasteiger partial charge in [-0.05, 0) is 31.2 Å². The van der Waals surface area contributed by atoms with Crippen LogP contribution < -0.4 is 11.2 Å². The van der Waals surface area contributed by atoms with Crippen LogP contribution in [-0.4, -0.2) is 26.0 Å². The SMILES string of the molecule is C[C@@H](Sc1nnc(-c2cccc(Cl)c2)n1N)C(=O)NCc1ccco1. The van der Waals surface area contributed by atoms with Gasteiger partial charge < -0.3 is 15.6 Å². The number of rotatable bonds is 6. The van der Waals surface area contributed by atoms with Gasteiger partial charge in [0.1, 0.15) is 5.76 Å². The number of benzene rings is 1. The Morgan fingerprint density at radius 3 is 2.96 bits per heavy atom. The maximum atomic E-state index is 12.2. The quantitative estimate of drug-likeness (QED) is 0.506. The summed E-state index contributed by atoms with van der Waals surface area (Å²) >= 11 is 7.22. The number of nitrogen functional groups attached to an aromatic ring is 1. The zero-order valence-electron chi connectivity index (χ0n) is 13.3. The second kappa shape index (κ2) is 7.62. The first-order valence-electron chi connectivity index (χ1n) is 7.48. The van der Waals surface area contributed by atoms with E-state index in [0.29, 0.717) is 28.3 Å². The van der Waals surface area contributed by atoms with Crippen LogP contribution in [0.2, 0.25) is 5.02 Å². The van der Waals surface area contributed by atoms with Gasteiger partial charge in [0, 0.05) is 10.6 Å². The van der Waals surface area contributed by atoms with Crippen LogP contribution in [0.25, 0.3) is 11.4 Å². The second-order valence-electron chi connectivity index (χ2n) is 5.24. The first kappa shape index (κ1) is 17.4. The number of carbonyl (C=O) groups is 1. The fraction of sp³-hybridized carbons (Fsp3) is 0.188. The van der Waals surface area contributed by atoms with Crippen LogP contribution in [-0.2, 0) is 11.3 Å². The molecule has 0 aliphatic rings. The number of amides is 1. The first-order chi connectivity index (χ1) is 12.0. The molecule has 0 saturated carbocycles. The third-order valence-electron chi connectivity index (χ3n) is 3.42. The van der Waals surface area contributed by atoms with Crippen LogP contribution in [0.15, 0.2) is 52.2 Å². The Morgan fingerprint density at radius 2 is 2.24 bits per heavy atom. The molecule has 7 nitrogen and oxygen atoms in total. The summed E-state index contributed by atoms with van der Waals surface area (Å²) in [6.07, 6.45) is 1.56. The lowest BCUT2D eigenvalue weighted by molar-refractivity contribution is -0.120. The number of furan rings is 1. The van der Waals surface area contributed by atoms with Gasteiger partial charge in [-0.3, -0.25) is 4.79 Å². The molecule has 9 heteroatoms. The number of hydrogen-bond acceptors (Lipinski definition) is 6. The smallest absolute Gasteiger partial charge is 0.233 e. The molecule has 1 amide bonds. The highest BCUT2D eigenvalue weighted by atomic mass is 35.5. The third kappa shape index (κ3) is 4.15. The number of halogens is 1. The van der Waals surface area contributed by atoms with Gasteiger partial charge >= 0.3 is 0 Å². The fourth-order valence-corrected chi connectivity index (χ4v) is 3.11. The summed E-state index contributed by atoms with van der Waals surface area (Å²) in [4.78, 5) is 12.2. The van der Waals surface area contributed by atoms with E-state index in [2.05, 4.69) is 15.5 Å². The van der Waals surface area contributed by atoms with Crippen molar-refractivity contribution in [2.24, 2.45) is 0 Å². The van der Waals surface area contributed by atoms with Crippen LogP contribution in [0, 0.1) is 0 Å². The summed E-state index contributed by atoms with van der Waals surface area (Å²) in [7, 11) is 0. The number of nitrogens with two attached hydrogens (primary N) is 1. The van der Waals surface area contributed by atoms with Crippen LogP contribution in [0.4, 0.5) is 0 Å². The van der Waals surface area contributed by atoms with E-state index in [9.17, 15) is 4.79 Å². The van der Waals surface area contributed by atoms with Crippen LogP contribution in [0.5, 0.6) is 0 Å². The van der Waals surface area contributed by atoms with Crippen molar-refractivity contribution in [2.75, 3.05) is 5.84 Å². The van der Waals surface area contributed by atoms with Gasteiger partial charge in [-0.15, -0.1) is 10.2 Å². The van der Waals surface area contributed by atoms with Crippen molar-refractivity contribution in [3.8, 4) is 11.4 Å². The lowest BCUT2D eigenvalue weighted by atomic mass is 10.2. The predicted molar refractivity (Wildman–Crippen MR) is 96.5 cm³/mol. The molecular formula is C16H16ClN5O2S. The Balaban J connectivity index is 1.65. The summed E-state index contributed by atoms with van der Waals surface area (Å²) in [6, 6.07) is 10.7. The highest BCUT2D eigenvalue weighted by Gasteiger charge is 2.20. The van der Waals surface area contributed by atoms with E-state index in [1.165, 1.54) is 16.4 Å². The topological polar surface area (TPSA) is 99.0 Å². The molecular weight excluding hydrogens is 362 g/mol. The summed E-state index contributed by atoms with van der Waals surface area (Å²) in [5.74, 6) is 7.09. The van der Waals surface area contributed by atoms with Gasteiger partial charge in [-0.2, -0.15) is 0 Å². The van der Waals surface area contributed by atoms with E-state index in [4.69, 9.17) is 21.9 Å². The third-order valence-corrected chi connectivity index (χ3v) is 4.71. The van der Waals surface area contributed by atoms with Gasteiger partial charge in [-0.1, -0.05) is 35.5 Å². The maximum absolute atomic E-state index is 12.2. The summed E-state index contributed by atoms with van der Waals surface area (Å²) < 4.78 is 6.54. The largest absolute Gasteiger partial charge is 0.467 e. The first-order valence-corrected chi connectivity index (χ1v) is 8.73. The molecule has 0 aliphatic heterocycles. The minimum atomic E-state index is -0.395. The average Bonchev–Trinajstić information content (AvgIpc) is 3.23. The molecule has 3 aromatic rings. The molecule has 0 unspecified atom stereocenters. The standard InChI is InChI=1S/C16H16ClN5O2S/c1-10(15(23)19-9-13-6-3-7-24-13)25-16-21-20-14(22(16)18)11-4-2-5-12(17)8-11/h2-8,10H,9,18H2,1H3,(H,19,23)/t10-/m1/s1. The molecule has 0 aliphatic carbocycles. The number of nitrogens with one attached hydrogen (secondary N) is 1. The molecule has 2 heterocycles. The zero-order chi connectivity index (χ0) is 17.8. The number of carbonyl (C=O) groups excluding carboxylic acids is 1. The van der Waals surface area contributed by atoms with Gasteiger partial charge in [0.05, 0.1) is 18.1 Å². The Morgan fingerprint density at radius 1 is 1.40 bits per heavy atom. The van der Waals surface area contributed by atoms with Crippen LogP contribution >= 0.6 is 23.4 Å². The average molecular weight is 378 g/mol. The van der Waals surface area contributed by atoms with Gasteiger partial charge in [0.15, 0.2) is 5.82 Å². The highest BCUT2D eigenvalue weighted by Crippen LogP contribution is 2.26. The molecule has 25 heavy (non-hydrogen) atoms. The summed E-state index contributed by atoms with van der Waals surface area (Å²) in [5.41, 5.74) is 0.754. The fourth-order valence-electron chi connectivity index (χ4n) is 2.12. The van der Waals surface area contributed by atoms with Crippen molar-refractivity contribution >= 4 is 29.3 Å². The molecule has 2 aromatic heterocycles. The van der Waals surface area contributed by atoms with E-state index in [0.717, 1.165) is 5.56 Å². The Hall–Kier alpha value is -2.45. The molecule has 0 saturated heterocycles. The normalized spacial score (nSPS) is 12.1. The lowest BCUT2D eigenvalue weighted by Crippen LogP contribution is -2.30. The molecule has 130 valence electrons. The van der Waals surface area contributed by atoms with Crippen molar-refractivity contribution in [1.29, 1.82) is 0 Å². The van der Waals surface area contributed by atoms with Crippen molar-refractivity contribution in [2.45, 2.75) is 23.9 Å². The molecule has 1 aromatic carbocycles. The van der Waals surface area contributed by atoms with E-state index in [1.54, 1.807) is 37.5 Å². The van der Waals surface area contributed by atoms with E-state index in [-0.39, 0.29) is 5.91 Å².